The van der Waals surface area contributed by atoms with Crippen molar-refractivity contribution in [2.24, 2.45) is 5.92 Å². The highest BCUT2D eigenvalue weighted by Gasteiger charge is 2.37. The predicted molar refractivity (Wildman–Crippen MR) is 78.2 cm³/mol. The number of nitrogens with one attached hydrogen (secondary N) is 2. The van der Waals surface area contributed by atoms with Gasteiger partial charge in [0, 0.05) is 49.3 Å². The lowest BCUT2D eigenvalue weighted by Gasteiger charge is -2.35. The average Bonchev–Trinajstić information content (AvgIpc) is 3.17. The predicted octanol–water partition coefficient (Wildman–Crippen LogP) is 2.52. The third-order valence-corrected chi connectivity index (χ3v) is 4.56. The minimum atomic E-state index is 0.626. The van der Waals surface area contributed by atoms with Crippen molar-refractivity contribution in [3.63, 3.8) is 0 Å². The molecule has 0 radical (unpaired) electrons. The van der Waals surface area contributed by atoms with Gasteiger partial charge in [0.15, 0.2) is 0 Å². The molecule has 2 heterocycles. The van der Waals surface area contributed by atoms with Gasteiger partial charge in [-0.05, 0) is 36.5 Å². The van der Waals surface area contributed by atoms with Gasteiger partial charge in [-0.15, -0.1) is 0 Å². The minimum Gasteiger partial charge on any atom is -0.361 e. The SMILES string of the molecule is c1cc([C@@H](C2CC2)N2CCNCC2)c2cc[nH]c2c1. The first kappa shape index (κ1) is 11.5. The van der Waals surface area contributed by atoms with Crippen molar-refractivity contribution in [2.75, 3.05) is 26.2 Å². The van der Waals surface area contributed by atoms with Crippen LogP contribution in [0.4, 0.5) is 0 Å². The van der Waals surface area contributed by atoms with Gasteiger partial charge in [-0.3, -0.25) is 4.90 Å². The Morgan fingerprint density at radius 2 is 1.95 bits per heavy atom. The van der Waals surface area contributed by atoms with Crippen molar-refractivity contribution in [1.29, 1.82) is 0 Å². The Hall–Kier alpha value is -1.32. The molecule has 2 aliphatic rings. The molecule has 1 atom stereocenters. The first-order valence-corrected chi connectivity index (χ1v) is 7.44. The number of benzene rings is 1. The Labute approximate surface area is 114 Å². The van der Waals surface area contributed by atoms with Crippen molar-refractivity contribution in [2.45, 2.75) is 18.9 Å². The number of aromatic amines is 1. The van der Waals surface area contributed by atoms with Gasteiger partial charge in [0.1, 0.15) is 0 Å². The van der Waals surface area contributed by atoms with E-state index in [0.29, 0.717) is 6.04 Å². The third-order valence-electron chi connectivity index (χ3n) is 4.56. The molecule has 2 aromatic rings. The van der Waals surface area contributed by atoms with E-state index in [1.54, 1.807) is 0 Å². The Kier molecular flexibility index (Phi) is 2.82. The van der Waals surface area contributed by atoms with Crippen molar-refractivity contribution in [3.05, 3.63) is 36.0 Å². The van der Waals surface area contributed by atoms with Crippen molar-refractivity contribution in [3.8, 4) is 0 Å². The summed E-state index contributed by atoms with van der Waals surface area (Å²) in [5.74, 6) is 0.874. The summed E-state index contributed by atoms with van der Waals surface area (Å²) in [4.78, 5) is 6.04. The van der Waals surface area contributed by atoms with Gasteiger partial charge in [-0.25, -0.2) is 0 Å². The van der Waals surface area contributed by atoms with Crippen LogP contribution in [0.2, 0.25) is 0 Å². The summed E-state index contributed by atoms with van der Waals surface area (Å²) in [6, 6.07) is 9.58. The molecule has 19 heavy (non-hydrogen) atoms. The normalized spacial score (nSPS) is 22.7. The van der Waals surface area contributed by atoms with E-state index >= 15 is 0 Å². The maximum Gasteiger partial charge on any atom is 0.0457 e. The van der Waals surface area contributed by atoms with E-state index in [0.717, 1.165) is 19.0 Å². The number of rotatable bonds is 3. The number of aromatic nitrogens is 1. The number of H-pyrrole nitrogens is 1. The number of hydrogen-bond acceptors (Lipinski definition) is 2. The summed E-state index contributed by atoms with van der Waals surface area (Å²) in [5, 5.41) is 4.88. The molecular formula is C16H21N3. The van der Waals surface area contributed by atoms with Crippen molar-refractivity contribution < 1.29 is 0 Å². The lowest BCUT2D eigenvalue weighted by atomic mass is 9.96. The lowest BCUT2D eigenvalue weighted by Crippen LogP contribution is -2.45. The highest BCUT2D eigenvalue weighted by Crippen LogP contribution is 2.46. The second kappa shape index (κ2) is 4.66. The van der Waals surface area contributed by atoms with Gasteiger partial charge in [0.25, 0.3) is 0 Å². The van der Waals surface area contributed by atoms with Gasteiger partial charge in [0.05, 0.1) is 0 Å². The fraction of sp³-hybridized carbons (Fsp3) is 0.500. The van der Waals surface area contributed by atoms with E-state index < -0.39 is 0 Å². The van der Waals surface area contributed by atoms with Gasteiger partial charge >= 0.3 is 0 Å². The Morgan fingerprint density at radius 1 is 1.11 bits per heavy atom. The van der Waals surface area contributed by atoms with Gasteiger partial charge < -0.3 is 10.3 Å². The van der Waals surface area contributed by atoms with E-state index in [1.807, 2.05) is 0 Å². The number of fused-ring (bicyclic) bond motifs is 1. The molecule has 0 spiro atoms. The third kappa shape index (κ3) is 2.07. The number of piperazine rings is 1. The van der Waals surface area contributed by atoms with Crippen LogP contribution < -0.4 is 5.32 Å². The monoisotopic (exact) mass is 255 g/mol. The van der Waals surface area contributed by atoms with E-state index in [1.165, 1.54) is 42.4 Å². The van der Waals surface area contributed by atoms with Gasteiger partial charge in [0.2, 0.25) is 0 Å². The molecule has 1 aliphatic heterocycles. The van der Waals surface area contributed by atoms with Crippen LogP contribution in [0.3, 0.4) is 0 Å². The van der Waals surface area contributed by atoms with E-state index in [2.05, 4.69) is 45.7 Å². The van der Waals surface area contributed by atoms with Crippen LogP contribution in [-0.2, 0) is 0 Å². The molecule has 3 nitrogen and oxygen atoms in total. The molecule has 1 saturated heterocycles. The fourth-order valence-electron chi connectivity index (χ4n) is 3.49. The zero-order chi connectivity index (χ0) is 12.7. The molecule has 100 valence electrons. The Morgan fingerprint density at radius 3 is 2.74 bits per heavy atom. The number of hydrogen-bond donors (Lipinski definition) is 2. The molecule has 1 aromatic heterocycles. The molecule has 0 unspecified atom stereocenters. The first-order valence-electron chi connectivity index (χ1n) is 7.44. The van der Waals surface area contributed by atoms with Crippen LogP contribution in [0.1, 0.15) is 24.4 Å². The summed E-state index contributed by atoms with van der Waals surface area (Å²) in [7, 11) is 0. The minimum absolute atomic E-state index is 0.626. The smallest absolute Gasteiger partial charge is 0.0457 e. The molecule has 2 fully saturated rings. The highest BCUT2D eigenvalue weighted by molar-refractivity contribution is 5.83. The Bertz CT molecular complexity index is 564. The molecular weight excluding hydrogens is 234 g/mol. The van der Waals surface area contributed by atoms with E-state index in [4.69, 9.17) is 0 Å². The van der Waals surface area contributed by atoms with Crippen LogP contribution in [0.25, 0.3) is 10.9 Å². The molecule has 3 heteroatoms. The maximum absolute atomic E-state index is 3.46. The summed E-state index contributed by atoms with van der Waals surface area (Å²) in [5.41, 5.74) is 2.81. The second-order valence-corrected chi connectivity index (χ2v) is 5.85. The quantitative estimate of drug-likeness (QED) is 0.883. The Balaban J connectivity index is 1.75. The van der Waals surface area contributed by atoms with Crippen LogP contribution in [0.5, 0.6) is 0 Å². The zero-order valence-corrected chi connectivity index (χ0v) is 11.2. The summed E-state index contributed by atoms with van der Waals surface area (Å²) in [6.07, 6.45) is 4.86. The van der Waals surface area contributed by atoms with Crippen molar-refractivity contribution >= 4 is 10.9 Å². The zero-order valence-electron chi connectivity index (χ0n) is 11.2. The maximum atomic E-state index is 3.46. The summed E-state index contributed by atoms with van der Waals surface area (Å²) < 4.78 is 0. The lowest BCUT2D eigenvalue weighted by molar-refractivity contribution is 0.157. The van der Waals surface area contributed by atoms with E-state index in [9.17, 15) is 0 Å². The van der Waals surface area contributed by atoms with Gasteiger partial charge in [-0.1, -0.05) is 12.1 Å². The molecule has 0 bridgehead atoms. The average molecular weight is 255 g/mol. The highest BCUT2D eigenvalue weighted by atomic mass is 15.2. The van der Waals surface area contributed by atoms with Crippen molar-refractivity contribution in [1.82, 2.24) is 15.2 Å². The summed E-state index contributed by atoms with van der Waals surface area (Å²) in [6.45, 7) is 4.63. The standard InChI is InChI=1S/C16H21N3/c1-2-14(13-6-7-18-15(13)3-1)16(12-4-5-12)19-10-8-17-9-11-19/h1-3,6-7,12,16-18H,4-5,8-11H2/t16-/m1/s1. The topological polar surface area (TPSA) is 31.1 Å². The molecule has 4 rings (SSSR count). The summed E-state index contributed by atoms with van der Waals surface area (Å²) >= 11 is 0. The molecule has 1 aliphatic carbocycles. The molecule has 1 saturated carbocycles. The number of nitrogens with zero attached hydrogens (tertiary/aromatic N) is 1. The molecule has 2 N–H and O–H groups in total. The van der Waals surface area contributed by atoms with Crippen LogP contribution in [0.15, 0.2) is 30.5 Å². The molecule has 1 aromatic carbocycles. The second-order valence-electron chi connectivity index (χ2n) is 5.85. The van der Waals surface area contributed by atoms with Crippen LogP contribution >= 0.6 is 0 Å². The largest absolute Gasteiger partial charge is 0.361 e. The van der Waals surface area contributed by atoms with Crippen LogP contribution in [0, 0.1) is 5.92 Å². The van der Waals surface area contributed by atoms with Crippen LogP contribution in [-0.4, -0.2) is 36.1 Å². The molecule has 0 amide bonds. The fourth-order valence-corrected chi connectivity index (χ4v) is 3.49. The van der Waals surface area contributed by atoms with Gasteiger partial charge in [-0.2, -0.15) is 0 Å². The first-order chi connectivity index (χ1) is 9.43. The van der Waals surface area contributed by atoms with E-state index in [-0.39, 0.29) is 0 Å².